The largest absolute Gasteiger partial charge is 0.361 e. The van der Waals surface area contributed by atoms with Crippen molar-refractivity contribution < 1.29 is 4.79 Å². The smallest absolute Gasteiger partial charge is 0.268 e. The number of hydrogen-bond donors (Lipinski definition) is 1. The molecule has 2 aromatic heterocycles. The molecule has 6 rings (SSSR count). The SMILES string of the molecule is O=C(NCc1cccnc1)c1ccc2n1Cc1ccccc1N(Cc1ccc(-c3ccccc3)cc1)C2. The van der Waals surface area contributed by atoms with Gasteiger partial charge in [-0.25, -0.2) is 0 Å². The summed E-state index contributed by atoms with van der Waals surface area (Å²) in [6, 6.07) is 35.6. The second-order valence-electron chi connectivity index (χ2n) is 9.39. The van der Waals surface area contributed by atoms with Crippen LogP contribution in [0.4, 0.5) is 5.69 Å². The van der Waals surface area contributed by atoms with Gasteiger partial charge in [-0.15, -0.1) is 0 Å². The first-order valence-corrected chi connectivity index (χ1v) is 12.6. The number of carbonyl (C=O) groups excluding carboxylic acids is 1. The number of anilines is 1. The number of nitrogens with zero attached hydrogens (tertiary/aromatic N) is 3. The van der Waals surface area contributed by atoms with Crippen molar-refractivity contribution >= 4 is 11.6 Å². The molecule has 3 heterocycles. The second-order valence-corrected chi connectivity index (χ2v) is 9.39. The van der Waals surface area contributed by atoms with Crippen molar-refractivity contribution in [3.05, 3.63) is 144 Å². The fourth-order valence-corrected chi connectivity index (χ4v) is 5.01. The van der Waals surface area contributed by atoms with Crippen LogP contribution in [0.5, 0.6) is 0 Å². The van der Waals surface area contributed by atoms with Crippen LogP contribution in [-0.4, -0.2) is 15.5 Å². The van der Waals surface area contributed by atoms with Gasteiger partial charge in [-0.3, -0.25) is 9.78 Å². The van der Waals surface area contributed by atoms with E-state index in [-0.39, 0.29) is 5.91 Å². The minimum absolute atomic E-state index is 0.0717. The highest BCUT2D eigenvalue weighted by atomic mass is 16.1. The van der Waals surface area contributed by atoms with E-state index in [1.54, 1.807) is 12.4 Å². The molecule has 0 bridgehead atoms. The topological polar surface area (TPSA) is 50.2 Å². The fourth-order valence-electron chi connectivity index (χ4n) is 5.01. The Labute approximate surface area is 217 Å². The van der Waals surface area contributed by atoms with E-state index in [0.717, 1.165) is 24.3 Å². The minimum atomic E-state index is -0.0717. The third-order valence-corrected chi connectivity index (χ3v) is 6.93. The number of aromatic nitrogens is 2. The third kappa shape index (κ3) is 4.89. The molecule has 5 aromatic rings. The predicted molar refractivity (Wildman–Crippen MR) is 147 cm³/mol. The number of rotatable bonds is 6. The monoisotopic (exact) mass is 484 g/mol. The summed E-state index contributed by atoms with van der Waals surface area (Å²) in [5, 5.41) is 3.05. The highest BCUT2D eigenvalue weighted by molar-refractivity contribution is 5.93. The van der Waals surface area contributed by atoms with Gasteiger partial charge in [-0.1, -0.05) is 78.9 Å². The Morgan fingerprint density at radius 2 is 1.54 bits per heavy atom. The minimum Gasteiger partial charge on any atom is -0.361 e. The molecule has 1 aliphatic rings. The number of amides is 1. The summed E-state index contributed by atoms with van der Waals surface area (Å²) in [6.45, 7) is 2.64. The Morgan fingerprint density at radius 3 is 2.35 bits per heavy atom. The molecular formula is C32H28N4O. The van der Waals surface area contributed by atoms with Crippen molar-refractivity contribution in [3.8, 4) is 11.1 Å². The molecule has 0 saturated carbocycles. The Morgan fingerprint density at radius 1 is 0.757 bits per heavy atom. The van der Waals surface area contributed by atoms with Gasteiger partial charge in [0.05, 0.1) is 13.1 Å². The summed E-state index contributed by atoms with van der Waals surface area (Å²) in [5.74, 6) is -0.0717. The number of nitrogens with one attached hydrogen (secondary N) is 1. The van der Waals surface area contributed by atoms with Crippen molar-refractivity contribution in [2.45, 2.75) is 26.2 Å². The molecule has 0 spiro atoms. The summed E-state index contributed by atoms with van der Waals surface area (Å²) in [7, 11) is 0. The van der Waals surface area contributed by atoms with Gasteiger partial charge in [0.25, 0.3) is 5.91 Å². The van der Waals surface area contributed by atoms with E-state index in [9.17, 15) is 4.79 Å². The molecule has 0 aliphatic carbocycles. The van der Waals surface area contributed by atoms with Crippen LogP contribution in [0.2, 0.25) is 0 Å². The van der Waals surface area contributed by atoms with Crippen LogP contribution in [0.3, 0.4) is 0 Å². The number of benzene rings is 3. The maximum atomic E-state index is 13.1. The van der Waals surface area contributed by atoms with Crippen LogP contribution in [0.25, 0.3) is 11.1 Å². The molecule has 0 atom stereocenters. The molecule has 1 N–H and O–H groups in total. The first kappa shape index (κ1) is 22.8. The molecule has 37 heavy (non-hydrogen) atoms. The van der Waals surface area contributed by atoms with E-state index in [0.29, 0.717) is 18.8 Å². The number of carbonyl (C=O) groups is 1. The first-order valence-electron chi connectivity index (χ1n) is 12.6. The molecule has 182 valence electrons. The lowest BCUT2D eigenvalue weighted by molar-refractivity contribution is 0.0941. The standard InChI is InChI=1S/C32H28N4O/c37-32(34-20-25-7-6-18-33-19-25)31-17-16-29-23-35(30-11-5-4-10-28(30)22-36(29)31)21-24-12-14-27(15-13-24)26-8-2-1-3-9-26/h1-19H,20-23H2,(H,34,37). The van der Waals surface area contributed by atoms with Crippen LogP contribution in [0.1, 0.15) is 32.9 Å². The zero-order valence-corrected chi connectivity index (χ0v) is 20.5. The Kier molecular flexibility index (Phi) is 6.26. The van der Waals surface area contributed by atoms with Crippen molar-refractivity contribution in [3.63, 3.8) is 0 Å². The predicted octanol–water partition coefficient (Wildman–Crippen LogP) is 6.05. The molecule has 5 nitrogen and oxygen atoms in total. The zero-order valence-electron chi connectivity index (χ0n) is 20.5. The quantitative estimate of drug-likeness (QED) is 0.319. The van der Waals surface area contributed by atoms with Crippen molar-refractivity contribution in [2.24, 2.45) is 0 Å². The van der Waals surface area contributed by atoms with E-state index in [2.05, 4.69) is 98.6 Å². The number of fused-ring (bicyclic) bond motifs is 2. The Hall–Kier alpha value is -4.64. The lowest BCUT2D eigenvalue weighted by Gasteiger charge is -2.25. The fraction of sp³-hybridized carbons (Fsp3) is 0.125. The number of hydrogen-bond acceptors (Lipinski definition) is 3. The maximum Gasteiger partial charge on any atom is 0.268 e. The van der Waals surface area contributed by atoms with E-state index >= 15 is 0 Å². The summed E-state index contributed by atoms with van der Waals surface area (Å²) in [4.78, 5) is 19.7. The number of para-hydroxylation sites is 1. The lowest BCUT2D eigenvalue weighted by Crippen LogP contribution is -2.26. The molecule has 0 fully saturated rings. The average Bonchev–Trinajstić information content (AvgIpc) is 3.28. The highest BCUT2D eigenvalue weighted by Crippen LogP contribution is 2.31. The van der Waals surface area contributed by atoms with Gasteiger partial charge in [-0.2, -0.15) is 0 Å². The number of pyridine rings is 1. The van der Waals surface area contributed by atoms with Gasteiger partial charge in [0.2, 0.25) is 0 Å². The highest BCUT2D eigenvalue weighted by Gasteiger charge is 2.23. The van der Waals surface area contributed by atoms with Crippen LogP contribution in [0, 0.1) is 0 Å². The Balaban J connectivity index is 1.24. The van der Waals surface area contributed by atoms with Gasteiger partial charge < -0.3 is 14.8 Å². The maximum absolute atomic E-state index is 13.1. The summed E-state index contributed by atoms with van der Waals surface area (Å²) in [5.41, 5.74) is 8.90. The first-order chi connectivity index (χ1) is 18.2. The van der Waals surface area contributed by atoms with Crippen LogP contribution < -0.4 is 10.2 Å². The average molecular weight is 485 g/mol. The zero-order chi connectivity index (χ0) is 25.0. The van der Waals surface area contributed by atoms with E-state index in [1.165, 1.54) is 27.9 Å². The van der Waals surface area contributed by atoms with Crippen molar-refractivity contribution in [1.29, 1.82) is 0 Å². The van der Waals surface area contributed by atoms with Crippen LogP contribution in [-0.2, 0) is 26.2 Å². The van der Waals surface area contributed by atoms with Gasteiger partial charge in [0.15, 0.2) is 0 Å². The summed E-state index contributed by atoms with van der Waals surface area (Å²) < 4.78 is 2.15. The molecule has 0 saturated heterocycles. The molecule has 3 aromatic carbocycles. The van der Waals surface area contributed by atoms with Gasteiger partial charge in [0, 0.05) is 36.9 Å². The van der Waals surface area contributed by atoms with Crippen molar-refractivity contribution in [2.75, 3.05) is 4.90 Å². The van der Waals surface area contributed by atoms with E-state index in [1.807, 2.05) is 24.3 Å². The van der Waals surface area contributed by atoms with E-state index in [4.69, 9.17) is 0 Å². The molecule has 0 radical (unpaired) electrons. The normalized spacial score (nSPS) is 12.4. The third-order valence-electron chi connectivity index (χ3n) is 6.93. The molecular weight excluding hydrogens is 456 g/mol. The molecule has 5 heteroatoms. The van der Waals surface area contributed by atoms with Crippen LogP contribution in [0.15, 0.2) is 116 Å². The van der Waals surface area contributed by atoms with E-state index < -0.39 is 0 Å². The molecule has 1 aliphatic heterocycles. The van der Waals surface area contributed by atoms with Gasteiger partial charge >= 0.3 is 0 Å². The van der Waals surface area contributed by atoms with Crippen LogP contribution >= 0.6 is 0 Å². The molecule has 1 amide bonds. The summed E-state index contributed by atoms with van der Waals surface area (Å²) in [6.07, 6.45) is 3.51. The molecule has 0 unspecified atom stereocenters. The van der Waals surface area contributed by atoms with Crippen molar-refractivity contribution in [1.82, 2.24) is 14.9 Å². The van der Waals surface area contributed by atoms with Gasteiger partial charge in [-0.05, 0) is 52.1 Å². The Bertz CT molecular complexity index is 1510. The second kappa shape index (κ2) is 10.2. The van der Waals surface area contributed by atoms with Gasteiger partial charge in [0.1, 0.15) is 5.69 Å². The lowest BCUT2D eigenvalue weighted by atomic mass is 10.0. The summed E-state index contributed by atoms with van der Waals surface area (Å²) >= 11 is 0.